The second-order valence-electron chi connectivity index (χ2n) is 4.64. The van der Waals surface area contributed by atoms with Gasteiger partial charge >= 0.3 is 0 Å². The molecule has 96 valence electrons. The van der Waals surface area contributed by atoms with Gasteiger partial charge in [0.05, 0.1) is 12.3 Å². The fourth-order valence-corrected chi connectivity index (χ4v) is 2.49. The first-order valence-corrected chi connectivity index (χ1v) is 6.50. The second-order valence-corrected chi connectivity index (χ2v) is 4.64. The summed E-state index contributed by atoms with van der Waals surface area (Å²) in [6.07, 6.45) is 10.1. The van der Waals surface area contributed by atoms with E-state index in [9.17, 15) is 0 Å². The summed E-state index contributed by atoms with van der Waals surface area (Å²) in [5.41, 5.74) is 0. The molecule has 5 heteroatoms. The molecule has 2 unspecified atom stereocenters. The van der Waals surface area contributed by atoms with Crippen LogP contribution >= 0.6 is 0 Å². The standard InChI is InChI=1S/C12H22N4O/c1-17-12-6-3-2-5-11(12)13-7-4-9-16-10-8-14-15-16/h8,10-13H,2-7,9H2,1H3. The van der Waals surface area contributed by atoms with Crippen LogP contribution in [0.3, 0.4) is 0 Å². The molecule has 0 spiro atoms. The Balaban J connectivity index is 1.63. The van der Waals surface area contributed by atoms with E-state index in [2.05, 4.69) is 15.6 Å². The number of methoxy groups -OCH3 is 1. The van der Waals surface area contributed by atoms with Gasteiger partial charge in [0.25, 0.3) is 0 Å². The predicted molar refractivity (Wildman–Crippen MR) is 65.7 cm³/mol. The number of rotatable bonds is 6. The fourth-order valence-electron chi connectivity index (χ4n) is 2.49. The van der Waals surface area contributed by atoms with E-state index in [-0.39, 0.29) is 0 Å². The third-order valence-corrected chi connectivity index (χ3v) is 3.45. The molecule has 1 saturated carbocycles. The molecule has 0 bridgehead atoms. The minimum absolute atomic E-state index is 0.398. The molecule has 0 aromatic carbocycles. The SMILES string of the molecule is COC1CCCCC1NCCCn1ccnn1. The minimum atomic E-state index is 0.398. The molecule has 1 aromatic heterocycles. The Morgan fingerprint density at radius 2 is 2.29 bits per heavy atom. The maximum absolute atomic E-state index is 5.52. The zero-order valence-corrected chi connectivity index (χ0v) is 10.5. The lowest BCUT2D eigenvalue weighted by Gasteiger charge is -2.31. The molecule has 1 aromatic rings. The lowest BCUT2D eigenvalue weighted by molar-refractivity contribution is 0.0418. The molecule has 1 heterocycles. The van der Waals surface area contributed by atoms with E-state index in [0.717, 1.165) is 19.5 Å². The van der Waals surface area contributed by atoms with Crippen molar-refractivity contribution in [2.24, 2.45) is 0 Å². The summed E-state index contributed by atoms with van der Waals surface area (Å²) in [4.78, 5) is 0. The molecule has 1 aliphatic carbocycles. The fraction of sp³-hybridized carbons (Fsp3) is 0.833. The summed E-state index contributed by atoms with van der Waals surface area (Å²) in [6, 6.07) is 0.532. The average Bonchev–Trinajstić information content (AvgIpc) is 2.88. The summed E-state index contributed by atoms with van der Waals surface area (Å²) in [6.45, 7) is 1.95. The number of ether oxygens (including phenoxy) is 1. The van der Waals surface area contributed by atoms with Gasteiger partial charge in [-0.15, -0.1) is 5.10 Å². The summed E-state index contributed by atoms with van der Waals surface area (Å²) in [5, 5.41) is 11.3. The van der Waals surface area contributed by atoms with Crippen molar-refractivity contribution in [2.75, 3.05) is 13.7 Å². The average molecular weight is 238 g/mol. The van der Waals surface area contributed by atoms with Gasteiger partial charge in [0.2, 0.25) is 0 Å². The summed E-state index contributed by atoms with van der Waals surface area (Å²) in [5.74, 6) is 0. The van der Waals surface area contributed by atoms with Gasteiger partial charge < -0.3 is 10.1 Å². The quantitative estimate of drug-likeness (QED) is 0.757. The molecule has 1 aliphatic rings. The van der Waals surface area contributed by atoms with Crippen molar-refractivity contribution in [3.05, 3.63) is 12.4 Å². The van der Waals surface area contributed by atoms with Crippen LogP contribution in [0, 0.1) is 0 Å². The molecule has 0 aliphatic heterocycles. The Morgan fingerprint density at radius 3 is 3.06 bits per heavy atom. The van der Waals surface area contributed by atoms with Crippen molar-refractivity contribution >= 4 is 0 Å². The number of hydrogen-bond acceptors (Lipinski definition) is 4. The summed E-state index contributed by atoms with van der Waals surface area (Å²) >= 11 is 0. The Kier molecular flexibility index (Phi) is 4.94. The maximum atomic E-state index is 5.52. The normalized spacial score (nSPS) is 25.0. The van der Waals surface area contributed by atoms with Crippen LogP contribution in [0.15, 0.2) is 12.4 Å². The first kappa shape index (κ1) is 12.5. The second kappa shape index (κ2) is 6.71. The minimum Gasteiger partial charge on any atom is -0.380 e. The Labute approximate surface area is 103 Å². The van der Waals surface area contributed by atoms with Gasteiger partial charge in [0.15, 0.2) is 0 Å². The van der Waals surface area contributed by atoms with Crippen LogP contribution in [-0.2, 0) is 11.3 Å². The van der Waals surface area contributed by atoms with Crippen molar-refractivity contribution in [3.8, 4) is 0 Å². The van der Waals surface area contributed by atoms with Crippen LogP contribution in [0.25, 0.3) is 0 Å². The monoisotopic (exact) mass is 238 g/mol. The zero-order chi connectivity index (χ0) is 11.9. The highest BCUT2D eigenvalue weighted by Crippen LogP contribution is 2.20. The molecule has 2 rings (SSSR count). The van der Waals surface area contributed by atoms with Crippen LogP contribution < -0.4 is 5.32 Å². The van der Waals surface area contributed by atoms with E-state index in [1.807, 2.05) is 18.0 Å². The topological polar surface area (TPSA) is 52.0 Å². The third-order valence-electron chi connectivity index (χ3n) is 3.45. The first-order chi connectivity index (χ1) is 8.40. The number of nitrogens with one attached hydrogen (secondary N) is 1. The third kappa shape index (κ3) is 3.78. The molecule has 0 radical (unpaired) electrons. The summed E-state index contributed by atoms with van der Waals surface area (Å²) in [7, 11) is 1.82. The largest absolute Gasteiger partial charge is 0.380 e. The van der Waals surface area contributed by atoms with Crippen LogP contribution in [0.2, 0.25) is 0 Å². The van der Waals surface area contributed by atoms with E-state index >= 15 is 0 Å². The zero-order valence-electron chi connectivity index (χ0n) is 10.5. The highest BCUT2D eigenvalue weighted by atomic mass is 16.5. The van der Waals surface area contributed by atoms with Crippen LogP contribution in [-0.4, -0.2) is 40.8 Å². The maximum Gasteiger partial charge on any atom is 0.0724 e. The Bertz CT molecular complexity index is 301. The lowest BCUT2D eigenvalue weighted by Crippen LogP contribution is -2.43. The molecule has 17 heavy (non-hydrogen) atoms. The van der Waals surface area contributed by atoms with Crippen molar-refractivity contribution in [1.29, 1.82) is 0 Å². The molecule has 2 atom stereocenters. The molecule has 1 fully saturated rings. The highest BCUT2D eigenvalue weighted by Gasteiger charge is 2.23. The van der Waals surface area contributed by atoms with Gasteiger partial charge in [0, 0.05) is 25.9 Å². The summed E-state index contributed by atoms with van der Waals surface area (Å²) < 4.78 is 7.39. The Hall–Kier alpha value is -0.940. The van der Waals surface area contributed by atoms with Crippen LogP contribution in [0.4, 0.5) is 0 Å². The van der Waals surface area contributed by atoms with Gasteiger partial charge in [-0.1, -0.05) is 18.1 Å². The van der Waals surface area contributed by atoms with Gasteiger partial charge in [-0.05, 0) is 25.8 Å². The van der Waals surface area contributed by atoms with Gasteiger partial charge in [0.1, 0.15) is 0 Å². The lowest BCUT2D eigenvalue weighted by atomic mass is 9.92. The number of nitrogens with zero attached hydrogens (tertiary/aromatic N) is 3. The van der Waals surface area contributed by atoms with Gasteiger partial charge in [-0.25, -0.2) is 0 Å². The number of hydrogen-bond donors (Lipinski definition) is 1. The van der Waals surface area contributed by atoms with Crippen LogP contribution in [0.5, 0.6) is 0 Å². The molecule has 0 amide bonds. The number of aryl methyl sites for hydroxylation is 1. The molecular formula is C12H22N4O. The predicted octanol–water partition coefficient (Wildman–Crippen LogP) is 1.22. The smallest absolute Gasteiger partial charge is 0.0724 e. The van der Waals surface area contributed by atoms with Crippen LogP contribution in [0.1, 0.15) is 32.1 Å². The van der Waals surface area contributed by atoms with Gasteiger partial charge in [-0.2, -0.15) is 0 Å². The molecular weight excluding hydrogens is 216 g/mol. The van der Waals surface area contributed by atoms with Crippen molar-refractivity contribution in [1.82, 2.24) is 20.3 Å². The van der Waals surface area contributed by atoms with E-state index < -0.39 is 0 Å². The molecule has 5 nitrogen and oxygen atoms in total. The van der Waals surface area contributed by atoms with Crippen molar-refractivity contribution in [3.63, 3.8) is 0 Å². The van der Waals surface area contributed by atoms with Crippen molar-refractivity contribution < 1.29 is 4.74 Å². The number of aromatic nitrogens is 3. The van der Waals surface area contributed by atoms with E-state index in [1.54, 1.807) is 6.20 Å². The molecule has 1 N–H and O–H groups in total. The molecule has 0 saturated heterocycles. The first-order valence-electron chi connectivity index (χ1n) is 6.50. The van der Waals surface area contributed by atoms with E-state index in [4.69, 9.17) is 4.74 Å². The highest BCUT2D eigenvalue weighted by molar-refractivity contribution is 4.81. The van der Waals surface area contributed by atoms with E-state index in [0.29, 0.717) is 12.1 Å². The van der Waals surface area contributed by atoms with E-state index in [1.165, 1.54) is 25.7 Å². The van der Waals surface area contributed by atoms with Crippen molar-refractivity contribution in [2.45, 2.75) is 50.8 Å². The Morgan fingerprint density at radius 1 is 1.41 bits per heavy atom. The van der Waals surface area contributed by atoms with Gasteiger partial charge in [-0.3, -0.25) is 4.68 Å².